The van der Waals surface area contributed by atoms with Crippen LogP contribution in [-0.4, -0.2) is 25.0 Å². The Hall–Kier alpha value is -1.23. The normalized spacial score (nSPS) is 13.5. The maximum Gasteiger partial charge on any atom is 0.321 e. The summed E-state index contributed by atoms with van der Waals surface area (Å²) in [5.74, 6) is -0.808. The van der Waals surface area contributed by atoms with Crippen molar-refractivity contribution in [3.63, 3.8) is 0 Å². The van der Waals surface area contributed by atoms with E-state index in [1.807, 2.05) is 0 Å². The van der Waals surface area contributed by atoms with Gasteiger partial charge in [0.25, 0.3) is 0 Å². The van der Waals surface area contributed by atoms with Gasteiger partial charge in [0, 0.05) is 28.9 Å². The summed E-state index contributed by atoms with van der Waals surface area (Å²) in [6.45, 7) is 2.93. The zero-order valence-electron chi connectivity index (χ0n) is 8.64. The first kappa shape index (κ1) is 11.8. The molecular formula is C10H13NO3S. The molecule has 4 nitrogen and oxygen atoms in total. The molecule has 15 heavy (non-hydrogen) atoms. The van der Waals surface area contributed by atoms with Crippen molar-refractivity contribution in [2.24, 2.45) is 0 Å². The van der Waals surface area contributed by atoms with Crippen LogP contribution in [0.3, 0.4) is 0 Å². The molecule has 82 valence electrons. The van der Waals surface area contributed by atoms with E-state index in [0.29, 0.717) is 0 Å². The Morgan fingerprint density at radius 1 is 1.47 bits per heavy atom. The van der Waals surface area contributed by atoms with Gasteiger partial charge in [0.1, 0.15) is 4.75 Å². The molecule has 0 aliphatic heterocycles. The Bertz CT molecular complexity index is 376. The fourth-order valence-corrected chi connectivity index (χ4v) is 1.96. The Labute approximate surface area is 90.8 Å². The average molecular weight is 227 g/mol. The topological polar surface area (TPSA) is 67.3 Å². The minimum Gasteiger partial charge on any atom is -0.480 e. The number of carboxylic acid groups (broad SMARTS) is 1. The van der Waals surface area contributed by atoms with Crippen LogP contribution in [0.5, 0.6) is 0 Å². The predicted molar refractivity (Wildman–Crippen MR) is 57.8 cm³/mol. The highest BCUT2D eigenvalue weighted by molar-refractivity contribution is 7.86. The maximum atomic E-state index is 11.8. The van der Waals surface area contributed by atoms with Crippen LogP contribution in [0.25, 0.3) is 0 Å². The molecule has 1 aromatic heterocycles. The standard InChI is InChI=1S/C10H13NO3S/c1-10(2,9(12)13)15(14)7-8-3-5-11-6-4-8/h3-6H,7H2,1-2H3,(H,12,13). The Morgan fingerprint density at radius 2 is 2.00 bits per heavy atom. The van der Waals surface area contributed by atoms with Crippen molar-refractivity contribution < 1.29 is 14.1 Å². The van der Waals surface area contributed by atoms with Crippen LogP contribution in [0.1, 0.15) is 19.4 Å². The van der Waals surface area contributed by atoms with Crippen molar-refractivity contribution in [2.45, 2.75) is 24.3 Å². The van der Waals surface area contributed by atoms with Crippen molar-refractivity contribution >= 4 is 16.8 Å². The van der Waals surface area contributed by atoms with Gasteiger partial charge in [-0.05, 0) is 31.5 Å². The van der Waals surface area contributed by atoms with E-state index < -0.39 is 21.5 Å². The van der Waals surface area contributed by atoms with Gasteiger partial charge in [-0.3, -0.25) is 14.0 Å². The molecule has 0 saturated heterocycles. The van der Waals surface area contributed by atoms with Gasteiger partial charge in [0.2, 0.25) is 0 Å². The van der Waals surface area contributed by atoms with Gasteiger partial charge in [0.15, 0.2) is 0 Å². The maximum absolute atomic E-state index is 11.8. The summed E-state index contributed by atoms with van der Waals surface area (Å²) in [6, 6.07) is 3.46. The third-order valence-electron chi connectivity index (χ3n) is 2.13. The third kappa shape index (κ3) is 2.86. The molecule has 0 aliphatic carbocycles. The minimum absolute atomic E-state index is 0.238. The number of aromatic nitrogens is 1. The first-order valence-corrected chi connectivity index (χ1v) is 5.77. The zero-order chi connectivity index (χ0) is 11.5. The fourth-order valence-electron chi connectivity index (χ4n) is 0.908. The van der Waals surface area contributed by atoms with Gasteiger partial charge in [-0.1, -0.05) is 0 Å². The van der Waals surface area contributed by atoms with Crippen LogP contribution in [0.2, 0.25) is 0 Å². The summed E-state index contributed by atoms with van der Waals surface area (Å²) >= 11 is 0. The Balaban J connectivity index is 2.77. The summed E-state index contributed by atoms with van der Waals surface area (Å²) in [5.41, 5.74) is 0.831. The second kappa shape index (κ2) is 4.53. The van der Waals surface area contributed by atoms with Crippen molar-refractivity contribution in [3.05, 3.63) is 30.1 Å². The molecule has 1 heterocycles. The van der Waals surface area contributed by atoms with E-state index in [2.05, 4.69) is 4.98 Å². The van der Waals surface area contributed by atoms with Crippen LogP contribution in [0, 0.1) is 0 Å². The van der Waals surface area contributed by atoms with Crippen LogP contribution in [-0.2, 0) is 21.3 Å². The number of hydrogen-bond acceptors (Lipinski definition) is 3. The van der Waals surface area contributed by atoms with Gasteiger partial charge in [0.05, 0.1) is 0 Å². The smallest absolute Gasteiger partial charge is 0.321 e. The monoisotopic (exact) mass is 227 g/mol. The molecule has 0 spiro atoms. The van der Waals surface area contributed by atoms with E-state index in [1.165, 1.54) is 13.8 Å². The summed E-state index contributed by atoms with van der Waals surface area (Å²) in [6.07, 6.45) is 3.20. The zero-order valence-corrected chi connectivity index (χ0v) is 9.45. The van der Waals surface area contributed by atoms with Gasteiger partial charge in [-0.15, -0.1) is 0 Å². The molecule has 5 heteroatoms. The third-order valence-corrected chi connectivity index (χ3v) is 4.04. The highest BCUT2D eigenvalue weighted by atomic mass is 32.2. The second-order valence-corrected chi connectivity index (χ2v) is 5.66. The van der Waals surface area contributed by atoms with Gasteiger partial charge in [-0.2, -0.15) is 0 Å². The number of aliphatic carboxylic acids is 1. The molecule has 0 saturated carbocycles. The van der Waals surface area contributed by atoms with Crippen molar-refractivity contribution in [1.82, 2.24) is 4.98 Å². The lowest BCUT2D eigenvalue weighted by molar-refractivity contribution is -0.139. The SMILES string of the molecule is CC(C)(C(=O)O)S(=O)Cc1ccncc1. The van der Waals surface area contributed by atoms with Gasteiger partial charge >= 0.3 is 5.97 Å². The number of nitrogens with zero attached hydrogens (tertiary/aromatic N) is 1. The Morgan fingerprint density at radius 3 is 2.47 bits per heavy atom. The summed E-state index contributed by atoms with van der Waals surface area (Å²) < 4.78 is 10.6. The number of carbonyl (C=O) groups is 1. The predicted octanol–water partition coefficient (Wildman–Crippen LogP) is 1.19. The Kier molecular flexibility index (Phi) is 3.57. The van der Waals surface area contributed by atoms with E-state index in [4.69, 9.17) is 5.11 Å². The van der Waals surface area contributed by atoms with Crippen molar-refractivity contribution in [1.29, 1.82) is 0 Å². The summed E-state index contributed by atoms with van der Waals surface area (Å²) in [5, 5.41) is 8.88. The van der Waals surface area contributed by atoms with E-state index in [1.54, 1.807) is 24.5 Å². The van der Waals surface area contributed by atoms with E-state index in [0.717, 1.165) is 5.56 Å². The van der Waals surface area contributed by atoms with Gasteiger partial charge in [-0.25, -0.2) is 0 Å². The molecule has 0 aromatic carbocycles. The van der Waals surface area contributed by atoms with Crippen LogP contribution in [0.15, 0.2) is 24.5 Å². The largest absolute Gasteiger partial charge is 0.480 e. The fraction of sp³-hybridized carbons (Fsp3) is 0.400. The highest BCUT2D eigenvalue weighted by Gasteiger charge is 2.34. The molecule has 0 radical (unpaired) electrons. The molecule has 1 aromatic rings. The molecule has 1 N–H and O–H groups in total. The summed E-state index contributed by atoms with van der Waals surface area (Å²) in [7, 11) is -1.44. The van der Waals surface area contributed by atoms with Crippen molar-refractivity contribution in [3.8, 4) is 0 Å². The first-order chi connectivity index (χ1) is 6.94. The van der Waals surface area contributed by atoms with Crippen LogP contribution < -0.4 is 0 Å². The van der Waals surface area contributed by atoms with Crippen LogP contribution in [0.4, 0.5) is 0 Å². The van der Waals surface area contributed by atoms with E-state index in [-0.39, 0.29) is 5.75 Å². The van der Waals surface area contributed by atoms with Crippen molar-refractivity contribution in [2.75, 3.05) is 0 Å². The molecule has 1 unspecified atom stereocenters. The summed E-state index contributed by atoms with van der Waals surface area (Å²) in [4.78, 5) is 14.7. The molecule has 1 rings (SSSR count). The molecule has 0 aliphatic rings. The van der Waals surface area contributed by atoms with Crippen LogP contribution >= 0.6 is 0 Å². The molecule has 0 amide bonds. The molecular weight excluding hydrogens is 214 g/mol. The number of pyridine rings is 1. The lowest BCUT2D eigenvalue weighted by Gasteiger charge is -2.18. The lowest BCUT2D eigenvalue weighted by atomic mass is 10.2. The number of rotatable bonds is 4. The molecule has 1 atom stereocenters. The highest BCUT2D eigenvalue weighted by Crippen LogP contribution is 2.17. The molecule has 0 bridgehead atoms. The van der Waals surface area contributed by atoms with Gasteiger partial charge < -0.3 is 5.11 Å². The number of hydrogen-bond donors (Lipinski definition) is 1. The quantitative estimate of drug-likeness (QED) is 0.839. The number of carboxylic acids is 1. The minimum atomic E-state index is -1.44. The average Bonchev–Trinajstić information content (AvgIpc) is 2.18. The molecule has 0 fully saturated rings. The lowest BCUT2D eigenvalue weighted by Crippen LogP contribution is -2.37. The van der Waals surface area contributed by atoms with E-state index >= 15 is 0 Å². The van der Waals surface area contributed by atoms with E-state index in [9.17, 15) is 9.00 Å². The first-order valence-electron chi connectivity index (χ1n) is 4.45. The second-order valence-electron chi connectivity index (χ2n) is 3.66.